The zero-order valence-electron chi connectivity index (χ0n) is 53.4. The van der Waals surface area contributed by atoms with Crippen molar-refractivity contribution in [1.29, 1.82) is 0 Å². The lowest BCUT2D eigenvalue weighted by atomic mass is 10.0. The van der Waals surface area contributed by atoms with Crippen molar-refractivity contribution in [3.63, 3.8) is 0 Å². The molecule has 3 amide bonds. The van der Waals surface area contributed by atoms with Crippen molar-refractivity contribution in [2.75, 3.05) is 125 Å². The van der Waals surface area contributed by atoms with E-state index in [0.717, 1.165) is 50.1 Å². The van der Waals surface area contributed by atoms with Gasteiger partial charge in [0.1, 0.15) is 11.6 Å². The Labute approximate surface area is 486 Å². The largest absolute Gasteiger partial charge is 0.737 e. The van der Waals surface area contributed by atoms with Crippen molar-refractivity contribution in [3.8, 4) is 0 Å². The van der Waals surface area contributed by atoms with Gasteiger partial charge in [-0.1, -0.05) is 68.2 Å². The summed E-state index contributed by atoms with van der Waals surface area (Å²) in [6, 6.07) is 0.571. The van der Waals surface area contributed by atoms with Gasteiger partial charge < -0.3 is 40.5 Å². The molecule has 0 aromatic carbocycles. The zero-order chi connectivity index (χ0) is 60.6. The van der Waals surface area contributed by atoms with E-state index >= 15 is 0 Å². The molecule has 0 atom stereocenters. The highest BCUT2D eigenvalue weighted by molar-refractivity contribution is 5.79. The van der Waals surface area contributed by atoms with Crippen LogP contribution in [0.5, 0.6) is 0 Å². The Morgan fingerprint density at radius 2 is 1.00 bits per heavy atom. The quantitative estimate of drug-likeness (QED) is 0.0195. The summed E-state index contributed by atoms with van der Waals surface area (Å²) in [5.41, 5.74) is 0. The van der Waals surface area contributed by atoms with Crippen LogP contribution in [0, 0.1) is 34.1 Å². The van der Waals surface area contributed by atoms with E-state index < -0.39 is 0 Å². The van der Waals surface area contributed by atoms with E-state index in [0.29, 0.717) is 141 Å². The predicted molar refractivity (Wildman–Crippen MR) is 323 cm³/mol. The summed E-state index contributed by atoms with van der Waals surface area (Å²) in [6.07, 6.45) is 8.64. The van der Waals surface area contributed by atoms with E-state index in [9.17, 15) is 39.2 Å². The fraction of sp³-hybridized carbons (Fsp3) is 0.900. The van der Waals surface area contributed by atoms with Crippen LogP contribution >= 0.6 is 0 Å². The number of carbonyl (C=O) groups excluding carboxylic acids is 6. The molecule has 0 aromatic rings. The Morgan fingerprint density at radius 3 is 1.54 bits per heavy atom. The third-order valence-electron chi connectivity index (χ3n) is 14.8. The van der Waals surface area contributed by atoms with Gasteiger partial charge >= 0.3 is 5.97 Å². The summed E-state index contributed by atoms with van der Waals surface area (Å²) in [6.45, 7) is 38.5. The van der Waals surface area contributed by atoms with Gasteiger partial charge in [-0.05, 0) is 103 Å². The molecular formula is C60H118N11O9-. The van der Waals surface area contributed by atoms with Crippen LogP contribution in [-0.4, -0.2) is 218 Å². The normalized spacial score (nSPS) is 12.3. The lowest BCUT2D eigenvalue weighted by Gasteiger charge is -2.33. The molecule has 0 aliphatic heterocycles. The highest BCUT2D eigenvalue weighted by Crippen LogP contribution is 2.13. The maximum Gasteiger partial charge on any atom is 0.306 e. The summed E-state index contributed by atoms with van der Waals surface area (Å²) in [5, 5.41) is 33.7. The lowest BCUT2D eigenvalue weighted by Crippen LogP contribution is -2.47. The molecule has 0 saturated carbocycles. The first-order valence-electron chi connectivity index (χ1n) is 30.9. The number of ketones is 2. The SMILES string of the molecule is COC(=O)CCN(CCN(CCC(=O)NCCN(CCN(C(C)C)C(C)C)C(=O)CCNCCN(CCC(=O)CCC(C)C)CCN(CCCCC(C)C)C(=O)CCN(CCC(=O)CCC(C)C)CCC(C)C)/[N+]([O-])=N/[O-])C(C)C. The average molecular weight is 1140 g/mol. The van der Waals surface area contributed by atoms with Crippen molar-refractivity contribution in [2.24, 2.45) is 28.9 Å². The molecule has 0 saturated heterocycles. The van der Waals surface area contributed by atoms with Gasteiger partial charge in [-0.3, -0.25) is 43.5 Å². The molecule has 0 fully saturated rings. The molecule has 0 aliphatic rings. The molecule has 0 heterocycles. The molecule has 20 nitrogen and oxygen atoms in total. The van der Waals surface area contributed by atoms with Gasteiger partial charge in [0.2, 0.25) is 17.7 Å². The number of rotatable bonds is 51. The molecule has 0 bridgehead atoms. The van der Waals surface area contributed by atoms with Crippen LogP contribution in [0.1, 0.15) is 187 Å². The van der Waals surface area contributed by atoms with Gasteiger partial charge in [-0.2, -0.15) is 0 Å². The second-order valence-corrected chi connectivity index (χ2v) is 24.5. The minimum atomic E-state index is -0.353. The summed E-state index contributed by atoms with van der Waals surface area (Å²) in [7, 11) is 1.33. The summed E-state index contributed by atoms with van der Waals surface area (Å²) < 4.78 is 4.76. The number of nitrogens with one attached hydrogen (secondary N) is 2. The van der Waals surface area contributed by atoms with Gasteiger partial charge in [-0.15, -0.1) is 5.01 Å². The topological polar surface area (TPSA) is 220 Å². The molecule has 0 radical (unpaired) electrons. The van der Waals surface area contributed by atoms with Crippen molar-refractivity contribution in [1.82, 2.24) is 45.0 Å². The third kappa shape index (κ3) is 39.5. The molecule has 2 N–H and O–H groups in total. The van der Waals surface area contributed by atoms with Gasteiger partial charge in [-0.25, -0.2) is 0 Å². The van der Waals surface area contributed by atoms with Crippen LogP contribution in [0.15, 0.2) is 5.28 Å². The smallest absolute Gasteiger partial charge is 0.306 e. The van der Waals surface area contributed by atoms with Crippen LogP contribution in [-0.2, 0) is 33.5 Å². The molecule has 0 aliphatic carbocycles. The van der Waals surface area contributed by atoms with Crippen LogP contribution in [0.2, 0.25) is 0 Å². The number of amides is 3. The van der Waals surface area contributed by atoms with Crippen LogP contribution in [0.3, 0.4) is 0 Å². The number of methoxy groups -OCH3 is 1. The lowest BCUT2D eigenvalue weighted by molar-refractivity contribution is -0.690. The maximum atomic E-state index is 14.2. The first-order valence-corrected chi connectivity index (χ1v) is 30.9. The molecule has 468 valence electrons. The second-order valence-electron chi connectivity index (χ2n) is 24.5. The number of carbonyl (C=O) groups is 6. The van der Waals surface area contributed by atoms with E-state index in [-0.39, 0.29) is 104 Å². The maximum absolute atomic E-state index is 14.2. The van der Waals surface area contributed by atoms with Crippen molar-refractivity contribution in [3.05, 3.63) is 10.4 Å². The Kier molecular flexibility index (Phi) is 43.3. The van der Waals surface area contributed by atoms with E-state index in [4.69, 9.17) is 4.74 Å². The number of hydrazine groups is 1. The summed E-state index contributed by atoms with van der Waals surface area (Å²) in [5.74, 6) is 1.94. The van der Waals surface area contributed by atoms with E-state index in [1.54, 1.807) is 4.90 Å². The number of ether oxygens (including phenoxy) is 1. The predicted octanol–water partition coefficient (Wildman–Crippen LogP) is 7.86. The third-order valence-corrected chi connectivity index (χ3v) is 14.8. The van der Waals surface area contributed by atoms with Gasteiger partial charge in [0.25, 0.3) is 0 Å². The van der Waals surface area contributed by atoms with Crippen molar-refractivity contribution >= 4 is 35.3 Å². The highest BCUT2D eigenvalue weighted by Gasteiger charge is 2.23. The number of hydrogen-bond donors (Lipinski definition) is 2. The average Bonchev–Trinajstić information content (AvgIpc) is 3.39. The number of hydrogen-bond acceptors (Lipinski definition) is 15. The van der Waals surface area contributed by atoms with Crippen LogP contribution in [0.25, 0.3) is 0 Å². The first-order chi connectivity index (χ1) is 37.8. The first kappa shape index (κ1) is 76.0. The van der Waals surface area contributed by atoms with Crippen LogP contribution in [0.4, 0.5) is 0 Å². The monoisotopic (exact) mass is 1140 g/mol. The number of Topliss-reactive ketones (excluding diaryl/α,β-unsaturated/α-hetero) is 2. The fourth-order valence-corrected chi connectivity index (χ4v) is 9.34. The second kappa shape index (κ2) is 45.5. The van der Waals surface area contributed by atoms with E-state index in [1.165, 1.54) is 7.11 Å². The molecule has 0 aromatic heterocycles. The Hall–Kier alpha value is -3.98. The summed E-state index contributed by atoms with van der Waals surface area (Å²) >= 11 is 0. The highest BCUT2D eigenvalue weighted by atomic mass is 16.6. The summed E-state index contributed by atoms with van der Waals surface area (Å²) in [4.78, 5) is 91.5. The number of esters is 1. The standard InChI is InChI=1S/C60H119N11O9/c1-48(2)18-16-17-33-67(59(76)28-37-64(34-24-51(7)8)35-25-55(72)21-19-49(3)4)43-42-65(36-26-56(73)22-20-50(5)6)40-31-61-30-23-58(75)68(45-47-70(53(11)12)54(13)14)41-32-62-57(74)27-39-69(71(79)63-78)46-44-66(52(9)10)38-29-60(77)80-15/h48-54,61,78H,16-47H2,1-15H3,(H,62,74)/p-1/b71-63-. The van der Waals surface area contributed by atoms with Crippen LogP contribution < -0.4 is 10.6 Å². The Bertz CT molecular complexity index is 1710. The van der Waals surface area contributed by atoms with Gasteiger partial charge in [0.05, 0.1) is 26.6 Å². The molecule has 20 heteroatoms. The van der Waals surface area contributed by atoms with Gasteiger partial charge in [0.15, 0.2) is 0 Å². The molecule has 0 rings (SSSR count). The Balaban J connectivity index is 5.99. The van der Waals surface area contributed by atoms with E-state index in [1.807, 2.05) is 23.6 Å². The minimum Gasteiger partial charge on any atom is -0.737 e. The molecule has 0 spiro atoms. The molecular weight excluding hydrogens is 1020 g/mol. The van der Waals surface area contributed by atoms with E-state index in [2.05, 4.69) is 114 Å². The zero-order valence-corrected chi connectivity index (χ0v) is 53.4. The molecule has 0 unspecified atom stereocenters. The Morgan fingerprint density at radius 1 is 0.463 bits per heavy atom. The molecule has 80 heavy (non-hydrogen) atoms. The van der Waals surface area contributed by atoms with Gasteiger partial charge in [0, 0.05) is 166 Å². The number of nitrogens with zero attached hydrogens (tertiary/aromatic N) is 9. The van der Waals surface area contributed by atoms with Crippen molar-refractivity contribution < 1.29 is 38.5 Å². The van der Waals surface area contributed by atoms with Crippen molar-refractivity contribution in [2.45, 2.75) is 205 Å². The number of unbranched alkanes of at least 4 members (excludes halogenated alkanes) is 1. The minimum absolute atomic E-state index is 0.0459. The fourth-order valence-electron chi connectivity index (χ4n) is 9.34.